The first-order valence-corrected chi connectivity index (χ1v) is 10.1. The molecule has 1 N–H and O–H groups in total. The molecule has 0 aliphatic carbocycles. The molecule has 0 saturated heterocycles. The van der Waals surface area contributed by atoms with Gasteiger partial charge in [0.15, 0.2) is 0 Å². The van der Waals surface area contributed by atoms with Gasteiger partial charge in [0.2, 0.25) is 11.8 Å². The van der Waals surface area contributed by atoms with Gasteiger partial charge in [-0.3, -0.25) is 9.59 Å². The van der Waals surface area contributed by atoms with E-state index in [2.05, 4.69) is 5.32 Å². The summed E-state index contributed by atoms with van der Waals surface area (Å²) in [5.41, 5.74) is 1.77. The zero-order chi connectivity index (χ0) is 20.7. The standard InChI is InChI=1S/C22H26Cl2N2O2/c1-4-15(2)25-22(28)16(3)26(14-18-7-11-20(24)12-8-18)21(27)13-17-5-9-19(23)10-6-17/h5-12,15-16H,4,13-14H2,1-3H3,(H,25,28)/t15-,16-/m1/s1. The van der Waals surface area contributed by atoms with Crippen molar-refractivity contribution in [2.75, 3.05) is 0 Å². The Bertz CT molecular complexity index is 791. The van der Waals surface area contributed by atoms with Crippen LogP contribution in [0.2, 0.25) is 10.0 Å². The lowest BCUT2D eigenvalue weighted by Gasteiger charge is -2.30. The molecule has 4 nitrogen and oxygen atoms in total. The smallest absolute Gasteiger partial charge is 0.242 e. The van der Waals surface area contributed by atoms with Gasteiger partial charge in [-0.25, -0.2) is 0 Å². The number of benzene rings is 2. The molecule has 2 amide bonds. The molecule has 2 aromatic carbocycles. The molecule has 0 aliphatic rings. The van der Waals surface area contributed by atoms with Gasteiger partial charge < -0.3 is 10.2 Å². The Hall–Kier alpha value is -2.04. The van der Waals surface area contributed by atoms with Crippen LogP contribution in [0, 0.1) is 0 Å². The van der Waals surface area contributed by atoms with Crippen molar-refractivity contribution in [3.63, 3.8) is 0 Å². The molecule has 0 aliphatic heterocycles. The fraction of sp³-hybridized carbons (Fsp3) is 0.364. The molecule has 2 rings (SSSR count). The lowest BCUT2D eigenvalue weighted by atomic mass is 10.1. The molecule has 0 spiro atoms. The molecule has 150 valence electrons. The second-order valence-electron chi connectivity index (χ2n) is 6.95. The maximum atomic E-state index is 13.1. The van der Waals surface area contributed by atoms with Crippen LogP contribution < -0.4 is 5.32 Å². The highest BCUT2D eigenvalue weighted by Crippen LogP contribution is 2.16. The SMILES string of the molecule is CC[C@@H](C)NC(=O)[C@@H](C)N(Cc1ccc(Cl)cc1)C(=O)Cc1ccc(Cl)cc1. The van der Waals surface area contributed by atoms with Crippen molar-refractivity contribution in [1.82, 2.24) is 10.2 Å². The van der Waals surface area contributed by atoms with Gasteiger partial charge in [-0.05, 0) is 55.7 Å². The largest absolute Gasteiger partial charge is 0.352 e. The molecular weight excluding hydrogens is 395 g/mol. The van der Waals surface area contributed by atoms with Crippen LogP contribution in [0.25, 0.3) is 0 Å². The van der Waals surface area contributed by atoms with Gasteiger partial charge >= 0.3 is 0 Å². The summed E-state index contributed by atoms with van der Waals surface area (Å²) in [5.74, 6) is -0.281. The molecule has 2 atom stereocenters. The van der Waals surface area contributed by atoms with E-state index in [0.29, 0.717) is 16.6 Å². The Labute approximate surface area is 176 Å². The predicted octanol–water partition coefficient (Wildman–Crippen LogP) is 4.87. The number of hydrogen-bond donors (Lipinski definition) is 1. The van der Waals surface area contributed by atoms with Crippen LogP contribution in [-0.2, 0) is 22.6 Å². The highest BCUT2D eigenvalue weighted by atomic mass is 35.5. The summed E-state index contributed by atoms with van der Waals surface area (Å²) < 4.78 is 0. The van der Waals surface area contributed by atoms with E-state index in [1.54, 1.807) is 36.1 Å². The van der Waals surface area contributed by atoms with Crippen molar-refractivity contribution < 1.29 is 9.59 Å². The summed E-state index contributed by atoms with van der Waals surface area (Å²) in [6.07, 6.45) is 1.03. The van der Waals surface area contributed by atoms with E-state index in [1.807, 2.05) is 38.1 Å². The van der Waals surface area contributed by atoms with E-state index >= 15 is 0 Å². The van der Waals surface area contributed by atoms with Gasteiger partial charge in [-0.1, -0.05) is 54.4 Å². The summed E-state index contributed by atoms with van der Waals surface area (Å²) in [7, 11) is 0. The summed E-state index contributed by atoms with van der Waals surface area (Å²) in [4.78, 5) is 27.3. The third-order valence-corrected chi connectivity index (χ3v) is 5.21. The van der Waals surface area contributed by atoms with Crippen LogP contribution in [0.15, 0.2) is 48.5 Å². The summed E-state index contributed by atoms with van der Waals surface area (Å²) >= 11 is 11.9. The van der Waals surface area contributed by atoms with E-state index in [-0.39, 0.29) is 24.3 Å². The number of carbonyl (C=O) groups excluding carboxylic acids is 2. The maximum absolute atomic E-state index is 13.1. The molecule has 0 saturated carbocycles. The van der Waals surface area contributed by atoms with Gasteiger partial charge in [-0.15, -0.1) is 0 Å². The molecule has 0 bridgehead atoms. The van der Waals surface area contributed by atoms with Gasteiger partial charge in [0.25, 0.3) is 0 Å². The average molecular weight is 421 g/mol. The second-order valence-corrected chi connectivity index (χ2v) is 7.82. The summed E-state index contributed by atoms with van der Waals surface area (Å²) in [6.45, 7) is 6.04. The zero-order valence-electron chi connectivity index (χ0n) is 16.4. The van der Waals surface area contributed by atoms with Gasteiger partial charge in [0.05, 0.1) is 6.42 Å². The first-order valence-electron chi connectivity index (χ1n) is 9.39. The fourth-order valence-corrected chi connectivity index (χ4v) is 2.97. The lowest BCUT2D eigenvalue weighted by molar-refractivity contribution is -0.140. The molecule has 6 heteroatoms. The van der Waals surface area contributed by atoms with Crippen molar-refractivity contribution in [1.29, 1.82) is 0 Å². The summed E-state index contributed by atoms with van der Waals surface area (Å²) in [6, 6.07) is 13.9. The Kier molecular flexibility index (Phi) is 8.34. The van der Waals surface area contributed by atoms with Crippen LogP contribution in [-0.4, -0.2) is 28.8 Å². The topological polar surface area (TPSA) is 49.4 Å². The Morgan fingerprint density at radius 3 is 1.93 bits per heavy atom. The minimum Gasteiger partial charge on any atom is -0.352 e. The first kappa shape index (κ1) is 22.3. The molecule has 0 heterocycles. The molecule has 0 unspecified atom stereocenters. The fourth-order valence-electron chi connectivity index (χ4n) is 2.71. The molecule has 2 aromatic rings. The highest BCUT2D eigenvalue weighted by Gasteiger charge is 2.26. The third-order valence-electron chi connectivity index (χ3n) is 4.70. The van der Waals surface area contributed by atoms with Gasteiger partial charge in [0.1, 0.15) is 6.04 Å². The zero-order valence-corrected chi connectivity index (χ0v) is 17.9. The quantitative estimate of drug-likeness (QED) is 0.661. The van der Waals surface area contributed by atoms with E-state index in [1.165, 1.54) is 0 Å². The lowest BCUT2D eigenvalue weighted by Crippen LogP contribution is -2.49. The average Bonchev–Trinajstić information content (AvgIpc) is 2.68. The molecule has 0 radical (unpaired) electrons. The molecular formula is C22H26Cl2N2O2. The molecule has 0 fully saturated rings. The van der Waals surface area contributed by atoms with E-state index in [0.717, 1.165) is 17.5 Å². The first-order chi connectivity index (χ1) is 13.3. The Balaban J connectivity index is 2.20. The number of nitrogens with one attached hydrogen (secondary N) is 1. The molecule has 0 aromatic heterocycles. The minimum atomic E-state index is -0.593. The third kappa shape index (κ3) is 6.54. The number of hydrogen-bond acceptors (Lipinski definition) is 2. The van der Waals surface area contributed by atoms with Gasteiger partial charge in [-0.2, -0.15) is 0 Å². The summed E-state index contributed by atoms with van der Waals surface area (Å²) in [5, 5.41) is 4.21. The predicted molar refractivity (Wildman–Crippen MR) is 115 cm³/mol. The van der Waals surface area contributed by atoms with Crippen LogP contribution in [0.3, 0.4) is 0 Å². The Morgan fingerprint density at radius 2 is 1.43 bits per heavy atom. The van der Waals surface area contributed by atoms with E-state index in [4.69, 9.17) is 23.2 Å². The number of nitrogens with zero attached hydrogens (tertiary/aromatic N) is 1. The Morgan fingerprint density at radius 1 is 0.929 bits per heavy atom. The normalized spacial score (nSPS) is 12.9. The highest BCUT2D eigenvalue weighted by molar-refractivity contribution is 6.30. The van der Waals surface area contributed by atoms with Gasteiger partial charge in [0, 0.05) is 22.6 Å². The maximum Gasteiger partial charge on any atom is 0.242 e. The number of rotatable bonds is 8. The van der Waals surface area contributed by atoms with Crippen LogP contribution in [0.1, 0.15) is 38.3 Å². The number of carbonyl (C=O) groups is 2. The number of amides is 2. The monoisotopic (exact) mass is 420 g/mol. The van der Waals surface area contributed by atoms with E-state index < -0.39 is 6.04 Å². The van der Waals surface area contributed by atoms with Crippen molar-refractivity contribution in [2.45, 2.75) is 52.2 Å². The van der Waals surface area contributed by atoms with Crippen LogP contribution >= 0.6 is 23.2 Å². The van der Waals surface area contributed by atoms with Crippen LogP contribution in [0.4, 0.5) is 0 Å². The van der Waals surface area contributed by atoms with Crippen LogP contribution in [0.5, 0.6) is 0 Å². The number of halogens is 2. The van der Waals surface area contributed by atoms with E-state index in [9.17, 15) is 9.59 Å². The van der Waals surface area contributed by atoms with Crippen molar-refractivity contribution in [3.8, 4) is 0 Å². The molecule has 28 heavy (non-hydrogen) atoms. The van der Waals surface area contributed by atoms with Crippen molar-refractivity contribution in [2.24, 2.45) is 0 Å². The van der Waals surface area contributed by atoms with Crippen molar-refractivity contribution in [3.05, 3.63) is 69.7 Å². The minimum absolute atomic E-state index is 0.0544. The second kappa shape index (κ2) is 10.5. The van der Waals surface area contributed by atoms with Crippen molar-refractivity contribution >= 4 is 35.0 Å².